The van der Waals surface area contributed by atoms with E-state index in [-0.39, 0.29) is 0 Å². The van der Waals surface area contributed by atoms with E-state index in [0.717, 1.165) is 25.7 Å². The molecule has 14 heavy (non-hydrogen) atoms. The lowest BCUT2D eigenvalue weighted by molar-refractivity contribution is -0.107. The van der Waals surface area contributed by atoms with Gasteiger partial charge in [0.2, 0.25) is 0 Å². The van der Waals surface area contributed by atoms with Gasteiger partial charge in [-0.05, 0) is 24.8 Å². The minimum Gasteiger partial charge on any atom is -0.303 e. The minimum absolute atomic E-state index is 0.611. The zero-order valence-corrected chi connectivity index (χ0v) is 8.94. The van der Waals surface area contributed by atoms with Crippen LogP contribution in [0.15, 0.2) is 12.3 Å². The molecule has 1 rings (SSSR count). The molecule has 0 bridgehead atoms. The molecule has 0 unspecified atom stereocenters. The number of nitrogens with zero attached hydrogens (tertiary/aromatic N) is 2. The van der Waals surface area contributed by atoms with E-state index in [0.29, 0.717) is 12.3 Å². The van der Waals surface area contributed by atoms with E-state index in [1.165, 1.54) is 5.69 Å². The fourth-order valence-electron chi connectivity index (χ4n) is 1.45. The van der Waals surface area contributed by atoms with Gasteiger partial charge in [-0.2, -0.15) is 5.10 Å². The summed E-state index contributed by atoms with van der Waals surface area (Å²) in [4.78, 5) is 10.2. The molecule has 0 aliphatic heterocycles. The van der Waals surface area contributed by atoms with Gasteiger partial charge in [-0.3, -0.25) is 4.68 Å². The number of aromatic nitrogens is 2. The van der Waals surface area contributed by atoms with E-state index in [4.69, 9.17) is 0 Å². The van der Waals surface area contributed by atoms with Crippen molar-refractivity contribution in [2.45, 2.75) is 39.7 Å². The second kappa shape index (κ2) is 5.58. The largest absolute Gasteiger partial charge is 0.303 e. The van der Waals surface area contributed by atoms with Crippen LogP contribution in [0.3, 0.4) is 0 Å². The highest BCUT2D eigenvalue weighted by atomic mass is 16.1. The lowest BCUT2D eigenvalue weighted by atomic mass is 10.2. The first kappa shape index (κ1) is 11.0. The maximum absolute atomic E-state index is 10.2. The number of aldehydes is 1. The Hall–Kier alpha value is -1.12. The molecule has 0 aliphatic rings. The summed E-state index contributed by atoms with van der Waals surface area (Å²) in [6, 6.07) is 2.03. The Morgan fingerprint density at radius 3 is 3.00 bits per heavy atom. The van der Waals surface area contributed by atoms with Gasteiger partial charge in [0, 0.05) is 24.9 Å². The van der Waals surface area contributed by atoms with Crippen LogP contribution in [0, 0.1) is 5.92 Å². The van der Waals surface area contributed by atoms with Gasteiger partial charge < -0.3 is 4.79 Å². The number of hydrogen-bond donors (Lipinski definition) is 0. The number of unbranched alkanes of at least 4 members (excludes halogenated alkanes) is 1. The summed E-state index contributed by atoms with van der Waals surface area (Å²) >= 11 is 0. The van der Waals surface area contributed by atoms with Gasteiger partial charge in [-0.25, -0.2) is 0 Å². The van der Waals surface area contributed by atoms with Gasteiger partial charge in [-0.1, -0.05) is 13.8 Å². The maximum atomic E-state index is 10.2. The van der Waals surface area contributed by atoms with Gasteiger partial charge in [-0.15, -0.1) is 0 Å². The Balaban J connectivity index is 2.49. The van der Waals surface area contributed by atoms with Crippen LogP contribution in [-0.2, 0) is 17.8 Å². The SMILES string of the molecule is CC(C)Cn1nccc1CCCC=O. The summed E-state index contributed by atoms with van der Waals surface area (Å²) in [5.41, 5.74) is 1.24. The average molecular weight is 194 g/mol. The standard InChI is InChI=1S/C11H18N2O/c1-10(2)9-13-11(6-7-12-13)5-3-4-8-14/h6-8,10H,3-5,9H2,1-2H3. The van der Waals surface area contributed by atoms with Crippen molar-refractivity contribution in [1.82, 2.24) is 9.78 Å². The molecule has 0 saturated heterocycles. The van der Waals surface area contributed by atoms with Crippen LogP contribution < -0.4 is 0 Å². The molecule has 78 valence electrons. The Kier molecular flexibility index (Phi) is 4.36. The smallest absolute Gasteiger partial charge is 0.120 e. The van der Waals surface area contributed by atoms with E-state index >= 15 is 0 Å². The Bertz CT molecular complexity index is 279. The van der Waals surface area contributed by atoms with Crippen molar-refractivity contribution in [2.24, 2.45) is 5.92 Å². The first-order valence-electron chi connectivity index (χ1n) is 5.18. The fraction of sp³-hybridized carbons (Fsp3) is 0.636. The molecule has 1 aromatic heterocycles. The predicted molar refractivity (Wildman–Crippen MR) is 56.1 cm³/mol. The van der Waals surface area contributed by atoms with E-state index in [9.17, 15) is 4.79 Å². The molecule has 0 amide bonds. The molecule has 1 aromatic rings. The van der Waals surface area contributed by atoms with Crippen molar-refractivity contribution in [3.8, 4) is 0 Å². The molecular weight excluding hydrogens is 176 g/mol. The third-order valence-corrected chi connectivity index (χ3v) is 2.10. The highest BCUT2D eigenvalue weighted by Crippen LogP contribution is 2.07. The number of hydrogen-bond acceptors (Lipinski definition) is 2. The van der Waals surface area contributed by atoms with E-state index in [1.54, 1.807) is 0 Å². The highest BCUT2D eigenvalue weighted by Gasteiger charge is 2.03. The zero-order valence-electron chi connectivity index (χ0n) is 8.94. The summed E-state index contributed by atoms with van der Waals surface area (Å²) in [5.74, 6) is 0.611. The number of rotatable bonds is 6. The normalized spacial score (nSPS) is 10.8. The number of aryl methyl sites for hydroxylation is 1. The van der Waals surface area contributed by atoms with Gasteiger partial charge in [0.25, 0.3) is 0 Å². The van der Waals surface area contributed by atoms with Crippen molar-refractivity contribution >= 4 is 6.29 Å². The molecule has 0 spiro atoms. The van der Waals surface area contributed by atoms with Crippen LogP contribution in [0.25, 0.3) is 0 Å². The fourth-order valence-corrected chi connectivity index (χ4v) is 1.45. The minimum atomic E-state index is 0.611. The van der Waals surface area contributed by atoms with Crippen LogP contribution in [0.1, 0.15) is 32.4 Å². The Morgan fingerprint density at radius 2 is 2.36 bits per heavy atom. The second-order valence-corrected chi connectivity index (χ2v) is 3.96. The summed E-state index contributed by atoms with van der Waals surface area (Å²) in [6.07, 6.45) is 5.33. The molecule has 0 aromatic carbocycles. The van der Waals surface area contributed by atoms with E-state index in [2.05, 4.69) is 18.9 Å². The highest BCUT2D eigenvalue weighted by molar-refractivity contribution is 5.49. The monoisotopic (exact) mass is 194 g/mol. The molecule has 0 fully saturated rings. The van der Waals surface area contributed by atoms with Crippen LogP contribution >= 0.6 is 0 Å². The third kappa shape index (κ3) is 3.32. The first-order chi connectivity index (χ1) is 6.74. The predicted octanol–water partition coefficient (Wildman–Crippen LogP) is 2.06. The number of carbonyl (C=O) groups is 1. The van der Waals surface area contributed by atoms with Crippen LogP contribution in [-0.4, -0.2) is 16.1 Å². The van der Waals surface area contributed by atoms with Crippen LogP contribution in [0.2, 0.25) is 0 Å². The third-order valence-electron chi connectivity index (χ3n) is 2.10. The molecular formula is C11H18N2O. The number of carbonyl (C=O) groups excluding carboxylic acids is 1. The summed E-state index contributed by atoms with van der Waals surface area (Å²) in [6.45, 7) is 5.32. The van der Waals surface area contributed by atoms with Gasteiger partial charge in [0.1, 0.15) is 6.29 Å². The van der Waals surface area contributed by atoms with Crippen molar-refractivity contribution in [1.29, 1.82) is 0 Å². The Morgan fingerprint density at radius 1 is 1.57 bits per heavy atom. The van der Waals surface area contributed by atoms with Crippen molar-refractivity contribution < 1.29 is 4.79 Å². The molecule has 0 aliphatic carbocycles. The molecule has 0 atom stereocenters. The van der Waals surface area contributed by atoms with Gasteiger partial charge in [0.05, 0.1) is 0 Å². The topological polar surface area (TPSA) is 34.9 Å². The zero-order chi connectivity index (χ0) is 10.4. The quantitative estimate of drug-likeness (QED) is 0.513. The lowest BCUT2D eigenvalue weighted by Gasteiger charge is -2.09. The average Bonchev–Trinajstić information content (AvgIpc) is 2.52. The molecule has 3 nitrogen and oxygen atoms in total. The molecule has 0 N–H and O–H groups in total. The van der Waals surface area contributed by atoms with Crippen LogP contribution in [0.5, 0.6) is 0 Å². The van der Waals surface area contributed by atoms with Gasteiger partial charge in [0.15, 0.2) is 0 Å². The van der Waals surface area contributed by atoms with Crippen molar-refractivity contribution in [3.05, 3.63) is 18.0 Å². The van der Waals surface area contributed by atoms with Crippen molar-refractivity contribution in [2.75, 3.05) is 0 Å². The molecule has 1 heterocycles. The lowest BCUT2D eigenvalue weighted by Crippen LogP contribution is -2.09. The summed E-state index contributed by atoms with van der Waals surface area (Å²) in [7, 11) is 0. The maximum Gasteiger partial charge on any atom is 0.120 e. The summed E-state index contributed by atoms with van der Waals surface area (Å²) < 4.78 is 2.04. The molecule has 3 heteroatoms. The van der Waals surface area contributed by atoms with Crippen molar-refractivity contribution in [3.63, 3.8) is 0 Å². The van der Waals surface area contributed by atoms with E-state index in [1.807, 2.05) is 16.9 Å². The molecule has 0 saturated carbocycles. The second-order valence-electron chi connectivity index (χ2n) is 3.96. The summed E-state index contributed by atoms with van der Waals surface area (Å²) in [5, 5.41) is 4.26. The van der Waals surface area contributed by atoms with Gasteiger partial charge >= 0.3 is 0 Å². The first-order valence-corrected chi connectivity index (χ1v) is 5.18. The Labute approximate surface area is 85.1 Å². The van der Waals surface area contributed by atoms with Crippen LogP contribution in [0.4, 0.5) is 0 Å². The van der Waals surface area contributed by atoms with E-state index < -0.39 is 0 Å². The molecule has 0 radical (unpaired) electrons.